The van der Waals surface area contributed by atoms with Crippen molar-refractivity contribution in [2.75, 3.05) is 19.7 Å². The highest BCUT2D eigenvalue weighted by atomic mass is 16.7. The second-order valence-corrected chi connectivity index (χ2v) is 17.0. The van der Waals surface area contributed by atoms with E-state index in [1.807, 2.05) is 6.07 Å². The molecule has 380 valence electrons. The van der Waals surface area contributed by atoms with Gasteiger partial charge < -0.3 is 71.3 Å². The molecule has 0 aromatic heterocycles. The Morgan fingerprint density at radius 2 is 1.10 bits per heavy atom. The highest BCUT2D eigenvalue weighted by Gasteiger charge is 2.44. The Kier molecular flexibility index (Phi) is 21.3. The molecule has 5 rings (SSSR count). The first-order valence-electron chi connectivity index (χ1n) is 22.8. The second kappa shape index (κ2) is 27.7. The third-order valence-electron chi connectivity index (χ3n) is 10.9. The molecule has 0 saturated carbocycles. The molecular formula is C50H60N6O15. The second-order valence-electron chi connectivity index (χ2n) is 17.0. The molecule has 21 heteroatoms. The summed E-state index contributed by atoms with van der Waals surface area (Å²) in [6, 6.07) is 28.8. The molecule has 1 aliphatic rings. The summed E-state index contributed by atoms with van der Waals surface area (Å²) in [5, 5.41) is 55.4. The maximum Gasteiger partial charge on any atom is 0.514 e. The van der Waals surface area contributed by atoms with E-state index >= 15 is 0 Å². The maximum absolute atomic E-state index is 13.9. The normalized spacial score (nSPS) is 18.6. The number of hydrogen-bond donors (Lipinski definition) is 10. The summed E-state index contributed by atoms with van der Waals surface area (Å²) in [5.74, 6) is -3.98. The molecule has 21 nitrogen and oxygen atoms in total. The summed E-state index contributed by atoms with van der Waals surface area (Å²) in [7, 11) is 0. The molecule has 10 N–H and O–H groups in total. The van der Waals surface area contributed by atoms with Gasteiger partial charge in [-0.15, -0.1) is 0 Å². The van der Waals surface area contributed by atoms with Crippen LogP contribution in [-0.2, 0) is 64.2 Å². The fraction of sp³-hybridized carbons (Fsp3) is 0.380. The number of carbonyl (C=O) groups excluding carboxylic acids is 7. The van der Waals surface area contributed by atoms with Gasteiger partial charge in [0.2, 0.25) is 29.5 Å². The molecule has 1 fully saturated rings. The van der Waals surface area contributed by atoms with Crippen molar-refractivity contribution in [3.05, 3.63) is 138 Å². The van der Waals surface area contributed by atoms with Crippen LogP contribution < -0.4 is 36.6 Å². The quantitative estimate of drug-likeness (QED) is 0.0361. The molecule has 1 aliphatic heterocycles. The van der Waals surface area contributed by atoms with E-state index in [9.17, 15) is 54.0 Å². The Balaban J connectivity index is 1.17. The summed E-state index contributed by atoms with van der Waals surface area (Å²) < 4.78 is 21.2. The molecule has 4 aromatic rings. The van der Waals surface area contributed by atoms with Gasteiger partial charge >= 0.3 is 12.2 Å². The first-order valence-corrected chi connectivity index (χ1v) is 22.8. The first-order chi connectivity index (χ1) is 34.1. The van der Waals surface area contributed by atoms with Crippen LogP contribution in [0.4, 0.5) is 9.59 Å². The van der Waals surface area contributed by atoms with Crippen LogP contribution in [0.25, 0.3) is 0 Å². The molecule has 0 radical (unpaired) electrons. The molecule has 0 aliphatic carbocycles. The maximum atomic E-state index is 13.9. The lowest BCUT2D eigenvalue weighted by molar-refractivity contribution is -0.236. The zero-order valence-corrected chi connectivity index (χ0v) is 39.1. The Morgan fingerprint density at radius 3 is 1.68 bits per heavy atom. The summed E-state index contributed by atoms with van der Waals surface area (Å²) in [4.78, 5) is 92.4. The monoisotopic (exact) mass is 984 g/mol. The number of aliphatic hydroxyl groups is 4. The van der Waals surface area contributed by atoms with E-state index in [4.69, 9.17) is 18.9 Å². The summed E-state index contributed by atoms with van der Waals surface area (Å²) >= 11 is 0. The van der Waals surface area contributed by atoms with Crippen LogP contribution in [-0.4, -0.2) is 131 Å². The fourth-order valence-corrected chi connectivity index (χ4v) is 7.16. The van der Waals surface area contributed by atoms with Gasteiger partial charge in [-0.3, -0.25) is 24.0 Å². The molecule has 0 unspecified atom stereocenters. The van der Waals surface area contributed by atoms with Gasteiger partial charge in [-0.05, 0) is 46.7 Å². The highest BCUT2D eigenvalue weighted by Crippen LogP contribution is 2.21. The van der Waals surface area contributed by atoms with Crippen molar-refractivity contribution in [1.82, 2.24) is 31.9 Å². The lowest BCUT2D eigenvalue weighted by Crippen LogP contribution is -2.65. The van der Waals surface area contributed by atoms with E-state index in [-0.39, 0.29) is 44.1 Å². The minimum atomic E-state index is -1.77. The molecule has 0 bridgehead atoms. The smallest absolute Gasteiger partial charge is 0.445 e. The standard InChI is InChI=1S/C50H60N6O15/c1-30(2)22-36(47(65)56-48-44(62)43(61)42(60)39(27-57)71-48)54-46(64)38(23-31-12-6-3-7-13-31)53-41(59)26-51-40(58)25-52-45(63)37(55-49(66)68-28-33-14-8-4-9-15-33)24-32-18-20-35(21-19-32)70-50(67)69-29-34-16-10-5-11-17-34/h3-21,30,36-39,42-44,48,57,60-62H,22-29H2,1-2H3,(H,51,58)(H,52,63)(H,53,59)(H,54,64)(H,55,66)(H,56,65)/t36-,37-,38-,39+,42+,43-,44+,48+/m0/s1. The third kappa shape index (κ3) is 18.1. The van der Waals surface area contributed by atoms with E-state index in [1.165, 1.54) is 12.1 Å². The van der Waals surface area contributed by atoms with E-state index in [2.05, 4.69) is 31.9 Å². The van der Waals surface area contributed by atoms with Crippen molar-refractivity contribution in [3.8, 4) is 5.75 Å². The van der Waals surface area contributed by atoms with Crippen molar-refractivity contribution in [2.24, 2.45) is 5.92 Å². The molecule has 6 amide bonds. The van der Waals surface area contributed by atoms with Crippen molar-refractivity contribution in [2.45, 2.75) is 95.1 Å². The van der Waals surface area contributed by atoms with Crippen LogP contribution in [0.5, 0.6) is 5.75 Å². The zero-order chi connectivity index (χ0) is 51.3. The fourth-order valence-electron chi connectivity index (χ4n) is 7.16. The predicted molar refractivity (Wildman–Crippen MR) is 252 cm³/mol. The minimum Gasteiger partial charge on any atom is -0.445 e. The zero-order valence-electron chi connectivity index (χ0n) is 39.1. The van der Waals surface area contributed by atoms with Crippen LogP contribution in [0.15, 0.2) is 115 Å². The minimum absolute atomic E-state index is 0.00447. The van der Waals surface area contributed by atoms with Gasteiger partial charge in [-0.25, -0.2) is 9.59 Å². The van der Waals surface area contributed by atoms with Gasteiger partial charge in [0.15, 0.2) is 6.23 Å². The number of rotatable bonds is 23. The van der Waals surface area contributed by atoms with E-state index in [1.54, 1.807) is 111 Å². The van der Waals surface area contributed by atoms with E-state index in [0.717, 1.165) is 5.56 Å². The molecule has 8 atom stereocenters. The van der Waals surface area contributed by atoms with Crippen LogP contribution in [0.3, 0.4) is 0 Å². The molecule has 1 heterocycles. The van der Waals surface area contributed by atoms with Crippen molar-refractivity contribution in [1.29, 1.82) is 0 Å². The molecular weight excluding hydrogens is 925 g/mol. The van der Waals surface area contributed by atoms with Crippen molar-refractivity contribution in [3.63, 3.8) is 0 Å². The number of ether oxygens (including phenoxy) is 4. The Bertz CT molecular complexity index is 2360. The molecule has 1 saturated heterocycles. The predicted octanol–water partition coefficient (Wildman–Crippen LogP) is 0.647. The lowest BCUT2D eigenvalue weighted by Gasteiger charge is -2.40. The van der Waals surface area contributed by atoms with E-state index < -0.39 is 110 Å². The highest BCUT2D eigenvalue weighted by molar-refractivity contribution is 5.94. The molecule has 0 spiro atoms. The number of carbonyl (C=O) groups is 7. The van der Waals surface area contributed by atoms with Crippen LogP contribution >= 0.6 is 0 Å². The molecule has 71 heavy (non-hydrogen) atoms. The van der Waals surface area contributed by atoms with Gasteiger partial charge in [0, 0.05) is 12.8 Å². The van der Waals surface area contributed by atoms with Gasteiger partial charge in [-0.1, -0.05) is 117 Å². The Hall–Kier alpha value is -7.43. The lowest BCUT2D eigenvalue weighted by atomic mass is 9.97. The largest absolute Gasteiger partial charge is 0.514 e. The number of aliphatic hydroxyl groups excluding tert-OH is 4. The Morgan fingerprint density at radius 1 is 0.563 bits per heavy atom. The first kappa shape index (κ1) is 54.5. The number of nitrogens with one attached hydrogen (secondary N) is 6. The third-order valence-corrected chi connectivity index (χ3v) is 10.9. The number of benzene rings is 4. The van der Waals surface area contributed by atoms with Gasteiger partial charge in [0.1, 0.15) is 61.5 Å². The van der Waals surface area contributed by atoms with E-state index in [0.29, 0.717) is 16.7 Å². The average Bonchev–Trinajstić information content (AvgIpc) is 3.36. The summed E-state index contributed by atoms with van der Waals surface area (Å²) in [5.41, 5.74) is 2.63. The molecule has 4 aromatic carbocycles. The van der Waals surface area contributed by atoms with Crippen molar-refractivity contribution >= 4 is 41.8 Å². The topological polar surface area (TPSA) is 310 Å². The van der Waals surface area contributed by atoms with Crippen LogP contribution in [0.1, 0.15) is 42.5 Å². The summed E-state index contributed by atoms with van der Waals surface area (Å²) in [6.07, 6.45) is -9.93. The van der Waals surface area contributed by atoms with Crippen LogP contribution in [0, 0.1) is 5.92 Å². The van der Waals surface area contributed by atoms with Crippen LogP contribution in [0.2, 0.25) is 0 Å². The number of alkyl carbamates (subject to hydrolysis) is 1. The van der Waals surface area contributed by atoms with Gasteiger partial charge in [0.25, 0.3) is 0 Å². The number of amides is 6. The number of hydrogen-bond acceptors (Lipinski definition) is 15. The Labute approximate surface area is 409 Å². The summed E-state index contributed by atoms with van der Waals surface area (Å²) in [6.45, 7) is 1.50. The van der Waals surface area contributed by atoms with Gasteiger partial charge in [0.05, 0.1) is 19.7 Å². The average molecular weight is 985 g/mol. The SMILES string of the molecule is CC(C)C[C@H](NC(=O)[C@H](Cc1ccccc1)NC(=O)CNC(=O)CNC(=O)[C@H](Cc1ccc(OC(=O)OCc2ccccc2)cc1)NC(=O)OCc1ccccc1)C(=O)N[C@@H]1O[C@H](CO)[C@@H](O)[C@H](O)[C@H]1O. The van der Waals surface area contributed by atoms with Gasteiger partial charge in [-0.2, -0.15) is 0 Å². The van der Waals surface area contributed by atoms with Crippen molar-refractivity contribution < 1.29 is 72.9 Å².